The van der Waals surface area contributed by atoms with E-state index >= 15 is 0 Å². The van der Waals surface area contributed by atoms with Crippen molar-refractivity contribution < 1.29 is 4.42 Å². The van der Waals surface area contributed by atoms with Gasteiger partial charge in [-0.15, -0.1) is 0 Å². The first kappa shape index (κ1) is 16.6. The summed E-state index contributed by atoms with van der Waals surface area (Å²) >= 11 is 3.65. The average Bonchev–Trinajstić information content (AvgIpc) is 2.73. The third-order valence-electron chi connectivity index (χ3n) is 4.28. The highest BCUT2D eigenvalue weighted by molar-refractivity contribution is 9.10. The van der Waals surface area contributed by atoms with E-state index in [-0.39, 0.29) is 10.8 Å². The van der Waals surface area contributed by atoms with Gasteiger partial charge < -0.3 is 4.42 Å². The molecule has 1 aromatic heterocycles. The second-order valence-electron chi connectivity index (χ2n) is 8.38. The van der Waals surface area contributed by atoms with E-state index in [4.69, 9.17) is 12.3 Å². The summed E-state index contributed by atoms with van der Waals surface area (Å²) in [6, 6.07) is 8.35. The van der Waals surface area contributed by atoms with Crippen molar-refractivity contribution in [2.24, 2.45) is 0 Å². The quantitative estimate of drug-likeness (QED) is 0.461. The van der Waals surface area contributed by atoms with Gasteiger partial charge in [0.25, 0.3) is 0 Å². The van der Waals surface area contributed by atoms with Crippen LogP contribution in [0, 0.1) is 0 Å². The van der Waals surface area contributed by atoms with Crippen LogP contribution in [0.4, 0.5) is 0 Å². The molecule has 3 rings (SSSR count). The van der Waals surface area contributed by atoms with Crippen molar-refractivity contribution in [2.45, 2.75) is 52.4 Å². The van der Waals surface area contributed by atoms with Gasteiger partial charge in [0.2, 0.25) is 0 Å². The van der Waals surface area contributed by atoms with Gasteiger partial charge in [0.05, 0.1) is 0 Å². The molecule has 1 nitrogen and oxygen atoms in total. The zero-order valence-electron chi connectivity index (χ0n) is 14.7. The minimum absolute atomic E-state index is 0.00332. The number of hydrogen-bond donors (Lipinski definition) is 0. The van der Waals surface area contributed by atoms with Crippen molar-refractivity contribution in [3.8, 4) is 0 Å². The molecule has 0 aliphatic carbocycles. The molecule has 0 saturated carbocycles. The predicted octanol–water partition coefficient (Wildman–Crippen LogP) is 5.74. The van der Waals surface area contributed by atoms with Crippen molar-refractivity contribution in [1.29, 1.82) is 0 Å². The van der Waals surface area contributed by atoms with Crippen molar-refractivity contribution in [3.63, 3.8) is 0 Å². The molecule has 2 aromatic carbocycles. The number of hydrogen-bond acceptors (Lipinski definition) is 1. The van der Waals surface area contributed by atoms with Gasteiger partial charge in [0.15, 0.2) is 0 Å². The number of fused-ring (bicyclic) bond motifs is 3. The maximum atomic E-state index is 6.40. The number of furan rings is 1. The Bertz CT molecular complexity index is 833. The van der Waals surface area contributed by atoms with E-state index in [0.717, 1.165) is 37.4 Å². The highest BCUT2D eigenvalue weighted by atomic mass is 79.9. The molecule has 0 spiro atoms. The van der Waals surface area contributed by atoms with Crippen LogP contribution < -0.4 is 5.46 Å². The second kappa shape index (κ2) is 5.14. The summed E-state index contributed by atoms with van der Waals surface area (Å²) < 4.78 is 7.47. The summed E-state index contributed by atoms with van der Waals surface area (Å²) in [7, 11) is 6.18. The Morgan fingerprint density at radius 1 is 0.783 bits per heavy atom. The van der Waals surface area contributed by atoms with Crippen LogP contribution in [0.15, 0.2) is 33.2 Å². The lowest BCUT2D eigenvalue weighted by Gasteiger charge is -2.20. The summed E-state index contributed by atoms with van der Waals surface area (Å²) in [5, 5.41) is 2.22. The molecule has 1 heterocycles. The van der Waals surface area contributed by atoms with E-state index in [2.05, 4.69) is 69.6 Å². The first-order chi connectivity index (χ1) is 10.5. The zero-order chi connectivity index (χ0) is 17.2. The molecule has 0 fully saturated rings. The maximum absolute atomic E-state index is 6.40. The third-order valence-corrected chi connectivity index (χ3v) is 4.73. The topological polar surface area (TPSA) is 13.1 Å². The fraction of sp³-hybridized carbons (Fsp3) is 0.400. The molecule has 0 aliphatic rings. The standard InChI is InChI=1S/C20H22BBrO/c1-19(2,3)15-8-11(21)7-13-14-9-12(22)10-16(20(4,5)6)18(14)23-17(13)15/h7-10H,1-6H3. The maximum Gasteiger partial charge on any atom is 0.139 e. The predicted molar refractivity (Wildman–Crippen MR) is 104 cm³/mol. The Labute approximate surface area is 148 Å². The van der Waals surface area contributed by atoms with Crippen molar-refractivity contribution >= 4 is 51.2 Å². The lowest BCUT2D eigenvalue weighted by Crippen LogP contribution is -2.15. The molecule has 0 N–H and O–H groups in total. The van der Waals surface area contributed by atoms with E-state index in [1.54, 1.807) is 0 Å². The van der Waals surface area contributed by atoms with Crippen molar-refractivity contribution in [2.75, 3.05) is 0 Å². The smallest absolute Gasteiger partial charge is 0.139 e. The Kier molecular flexibility index (Phi) is 3.72. The first-order valence-electron chi connectivity index (χ1n) is 7.95. The second-order valence-corrected chi connectivity index (χ2v) is 9.29. The van der Waals surface area contributed by atoms with Crippen LogP contribution in [0.25, 0.3) is 21.9 Å². The highest BCUT2D eigenvalue weighted by Gasteiger charge is 2.25. The van der Waals surface area contributed by atoms with Crippen LogP contribution >= 0.6 is 15.9 Å². The summed E-state index contributed by atoms with van der Waals surface area (Å²) in [4.78, 5) is 0. The van der Waals surface area contributed by atoms with Gasteiger partial charge in [0, 0.05) is 26.4 Å². The van der Waals surface area contributed by atoms with Gasteiger partial charge in [-0.1, -0.05) is 75.1 Å². The lowest BCUT2D eigenvalue weighted by molar-refractivity contribution is 0.557. The molecule has 0 unspecified atom stereocenters. The minimum Gasteiger partial charge on any atom is -0.455 e. The number of rotatable bonds is 0. The van der Waals surface area contributed by atoms with Crippen LogP contribution in [0.2, 0.25) is 0 Å². The molecule has 3 heteroatoms. The zero-order valence-corrected chi connectivity index (χ0v) is 16.3. The summed E-state index contributed by atoms with van der Waals surface area (Å²) in [5.41, 5.74) is 5.03. The summed E-state index contributed by atoms with van der Waals surface area (Å²) in [5.74, 6) is 0. The van der Waals surface area contributed by atoms with Crippen LogP contribution in [-0.2, 0) is 10.8 Å². The fourth-order valence-corrected chi connectivity index (χ4v) is 3.54. The first-order valence-corrected chi connectivity index (χ1v) is 8.74. The summed E-state index contributed by atoms with van der Waals surface area (Å²) in [6.45, 7) is 13.2. The molecule has 0 amide bonds. The van der Waals surface area contributed by atoms with E-state index in [1.807, 2.05) is 12.1 Å². The van der Waals surface area contributed by atoms with Gasteiger partial charge in [-0.2, -0.15) is 0 Å². The minimum atomic E-state index is -0.0271. The monoisotopic (exact) mass is 368 g/mol. The third kappa shape index (κ3) is 2.84. The summed E-state index contributed by atoms with van der Waals surface area (Å²) in [6.07, 6.45) is 0. The Hall–Kier alpha value is -1.22. The van der Waals surface area contributed by atoms with E-state index in [9.17, 15) is 0 Å². The largest absolute Gasteiger partial charge is 0.455 e. The molecule has 23 heavy (non-hydrogen) atoms. The van der Waals surface area contributed by atoms with Crippen LogP contribution in [0.1, 0.15) is 52.7 Å². The molecule has 118 valence electrons. The Morgan fingerprint density at radius 3 is 1.78 bits per heavy atom. The van der Waals surface area contributed by atoms with E-state index in [1.165, 1.54) is 5.56 Å². The normalized spacial score (nSPS) is 13.2. The number of benzene rings is 2. The van der Waals surface area contributed by atoms with E-state index < -0.39 is 0 Å². The van der Waals surface area contributed by atoms with Crippen LogP contribution in [0.3, 0.4) is 0 Å². The molecule has 0 saturated heterocycles. The van der Waals surface area contributed by atoms with Crippen LogP contribution in [-0.4, -0.2) is 7.85 Å². The van der Waals surface area contributed by atoms with Gasteiger partial charge >= 0.3 is 0 Å². The molecular formula is C20H22BBrO. The highest BCUT2D eigenvalue weighted by Crippen LogP contribution is 2.41. The Morgan fingerprint density at radius 2 is 1.26 bits per heavy atom. The molecule has 2 radical (unpaired) electrons. The fourth-order valence-electron chi connectivity index (χ4n) is 3.08. The van der Waals surface area contributed by atoms with Crippen molar-refractivity contribution in [1.82, 2.24) is 0 Å². The van der Waals surface area contributed by atoms with Crippen LogP contribution in [0.5, 0.6) is 0 Å². The number of halogens is 1. The SMILES string of the molecule is [B]c1cc(C(C)(C)C)c2oc3c(C(C)(C)C)cc(Br)cc3c2c1. The molecule has 0 bridgehead atoms. The lowest BCUT2D eigenvalue weighted by atomic mass is 9.81. The van der Waals surface area contributed by atoms with Gasteiger partial charge in [0.1, 0.15) is 19.0 Å². The van der Waals surface area contributed by atoms with Gasteiger partial charge in [-0.25, -0.2) is 0 Å². The van der Waals surface area contributed by atoms with Crippen molar-refractivity contribution in [3.05, 3.63) is 39.9 Å². The molecule has 0 aliphatic heterocycles. The van der Waals surface area contributed by atoms with E-state index in [0.29, 0.717) is 0 Å². The molecular weight excluding hydrogens is 347 g/mol. The molecule has 3 aromatic rings. The average molecular weight is 369 g/mol. The van der Waals surface area contributed by atoms with Gasteiger partial charge in [-0.3, -0.25) is 0 Å². The molecule has 0 atom stereocenters. The van der Waals surface area contributed by atoms with Gasteiger partial charge in [-0.05, 0) is 23.0 Å². The Balaban J connectivity index is 2.53.